The fourth-order valence-corrected chi connectivity index (χ4v) is 5.03. The molecule has 192 valence electrons. The van der Waals surface area contributed by atoms with E-state index in [2.05, 4.69) is 6.58 Å². The van der Waals surface area contributed by atoms with Gasteiger partial charge in [0.25, 0.3) is 5.91 Å². The zero-order valence-corrected chi connectivity index (χ0v) is 20.5. The number of aliphatic hydroxyl groups excluding tert-OH is 1. The van der Waals surface area contributed by atoms with Gasteiger partial charge in [0, 0.05) is 30.6 Å². The molecule has 3 aromatic rings. The van der Waals surface area contributed by atoms with Crippen LogP contribution in [0.4, 0.5) is 4.39 Å². The molecule has 7 heteroatoms. The lowest BCUT2D eigenvalue weighted by Crippen LogP contribution is -2.45. The van der Waals surface area contributed by atoms with Crippen LogP contribution in [0.3, 0.4) is 0 Å². The Hall–Kier alpha value is -3.84. The van der Waals surface area contributed by atoms with Crippen LogP contribution in [-0.4, -0.2) is 42.4 Å². The van der Waals surface area contributed by atoms with Crippen molar-refractivity contribution in [2.75, 3.05) is 26.5 Å². The fourth-order valence-electron chi connectivity index (χ4n) is 5.03. The molecule has 0 aliphatic carbocycles. The number of halogens is 1. The number of carbonyl (C=O) groups excluding carboxylic acids is 1. The summed E-state index contributed by atoms with van der Waals surface area (Å²) in [5.41, 5.74) is 2.36. The van der Waals surface area contributed by atoms with E-state index in [1.807, 2.05) is 35.2 Å². The highest BCUT2D eigenvalue weighted by atomic mass is 19.1. The van der Waals surface area contributed by atoms with Gasteiger partial charge in [-0.05, 0) is 66.3 Å². The molecule has 0 bridgehead atoms. The molecule has 1 unspecified atom stereocenters. The van der Waals surface area contributed by atoms with Gasteiger partial charge in [0.15, 0.2) is 11.5 Å². The van der Waals surface area contributed by atoms with Crippen molar-refractivity contribution in [3.63, 3.8) is 0 Å². The van der Waals surface area contributed by atoms with E-state index in [0.717, 1.165) is 17.5 Å². The second-order valence-corrected chi connectivity index (χ2v) is 9.45. The largest absolute Gasteiger partial charge is 0.493 e. The average molecular weight is 504 g/mol. The number of likely N-dealkylation sites (tertiary alicyclic amines) is 1. The van der Waals surface area contributed by atoms with Gasteiger partial charge in [0.1, 0.15) is 11.6 Å². The molecule has 1 saturated heterocycles. The van der Waals surface area contributed by atoms with Gasteiger partial charge in [0.05, 0.1) is 12.7 Å². The van der Waals surface area contributed by atoms with Gasteiger partial charge in [-0.1, -0.05) is 30.3 Å². The summed E-state index contributed by atoms with van der Waals surface area (Å²) in [6.45, 7) is 5.33. The van der Waals surface area contributed by atoms with Gasteiger partial charge >= 0.3 is 0 Å². The lowest BCUT2D eigenvalue weighted by atomic mass is 9.80. The zero-order chi connectivity index (χ0) is 25.8. The maximum absolute atomic E-state index is 13.6. The van der Waals surface area contributed by atoms with Gasteiger partial charge in [-0.3, -0.25) is 4.79 Å². The fraction of sp³-hybridized carbons (Fsp3) is 0.300. The summed E-state index contributed by atoms with van der Waals surface area (Å²) in [6.07, 6.45) is 2.23. The summed E-state index contributed by atoms with van der Waals surface area (Å²) in [6, 6.07) is 19.1. The van der Waals surface area contributed by atoms with Crippen molar-refractivity contribution in [2.24, 2.45) is 5.92 Å². The summed E-state index contributed by atoms with van der Waals surface area (Å²) < 4.78 is 30.6. The number of piperidine rings is 1. The van der Waals surface area contributed by atoms with Gasteiger partial charge < -0.3 is 24.2 Å². The van der Waals surface area contributed by atoms with E-state index in [4.69, 9.17) is 14.2 Å². The first-order chi connectivity index (χ1) is 18.0. The zero-order valence-electron chi connectivity index (χ0n) is 20.5. The minimum Gasteiger partial charge on any atom is -0.493 e. The number of hydrogen-bond acceptors (Lipinski definition) is 5. The van der Waals surface area contributed by atoms with Crippen LogP contribution >= 0.6 is 0 Å². The van der Waals surface area contributed by atoms with Crippen LogP contribution in [0.5, 0.6) is 17.2 Å². The van der Waals surface area contributed by atoms with Crippen molar-refractivity contribution in [1.29, 1.82) is 0 Å². The molecule has 3 aromatic carbocycles. The summed E-state index contributed by atoms with van der Waals surface area (Å²) in [5.74, 6) is 1.79. The Morgan fingerprint density at radius 3 is 2.62 bits per heavy atom. The monoisotopic (exact) mass is 503 g/mol. The molecule has 0 aromatic heterocycles. The molecule has 2 aliphatic rings. The molecule has 1 N–H and O–H groups in total. The Bertz CT molecular complexity index is 1240. The van der Waals surface area contributed by atoms with E-state index in [1.165, 1.54) is 12.1 Å². The molecular formula is C30H30FNO5. The Morgan fingerprint density at radius 2 is 1.86 bits per heavy atom. The molecular weight excluding hydrogens is 473 g/mol. The second-order valence-electron chi connectivity index (χ2n) is 9.45. The number of amides is 1. The Labute approximate surface area is 215 Å². The number of carbonyl (C=O) groups is 1. The maximum atomic E-state index is 13.6. The average Bonchev–Trinajstić information content (AvgIpc) is 3.40. The molecule has 0 spiro atoms. The van der Waals surface area contributed by atoms with Gasteiger partial charge in [0.2, 0.25) is 6.79 Å². The summed E-state index contributed by atoms with van der Waals surface area (Å²) in [4.78, 5) is 15.2. The number of fused-ring (bicyclic) bond motifs is 1. The van der Waals surface area contributed by atoms with Crippen molar-refractivity contribution >= 4 is 5.91 Å². The number of rotatable bonds is 8. The smallest absolute Gasteiger partial charge is 0.253 e. The minimum absolute atomic E-state index is 0.00210. The van der Waals surface area contributed by atoms with Crippen molar-refractivity contribution in [3.8, 4) is 17.2 Å². The highest BCUT2D eigenvalue weighted by molar-refractivity contribution is 5.94. The van der Waals surface area contributed by atoms with E-state index < -0.39 is 6.10 Å². The van der Waals surface area contributed by atoms with Crippen LogP contribution in [-0.2, 0) is 0 Å². The van der Waals surface area contributed by atoms with Crippen LogP contribution in [0.2, 0.25) is 0 Å². The van der Waals surface area contributed by atoms with Crippen LogP contribution < -0.4 is 14.2 Å². The molecule has 6 nitrogen and oxygen atoms in total. The quantitative estimate of drug-likeness (QED) is 0.412. The first-order valence-electron chi connectivity index (χ1n) is 12.5. The number of aliphatic hydroxyl groups is 1. The third-order valence-electron chi connectivity index (χ3n) is 7.06. The first-order valence-corrected chi connectivity index (χ1v) is 12.5. The molecule has 5 rings (SSSR count). The van der Waals surface area contributed by atoms with Crippen LogP contribution in [0.15, 0.2) is 79.4 Å². The molecule has 0 radical (unpaired) electrons. The number of hydrogen-bond donors (Lipinski definition) is 1. The van der Waals surface area contributed by atoms with Crippen molar-refractivity contribution in [2.45, 2.75) is 24.9 Å². The normalized spacial score (nSPS) is 19.4. The predicted molar refractivity (Wildman–Crippen MR) is 137 cm³/mol. The SMILES string of the molecule is C=CCC(O)c1ccc(C(=O)N2CC[C@@H](c3ccc(F)cc3)[C@H](COc3ccc4c(c3)OCO4)C2)cc1. The van der Waals surface area contributed by atoms with Crippen molar-refractivity contribution in [3.05, 3.63) is 102 Å². The van der Waals surface area contributed by atoms with E-state index >= 15 is 0 Å². The Morgan fingerprint density at radius 1 is 1.11 bits per heavy atom. The number of benzene rings is 3. The van der Waals surface area contributed by atoms with E-state index in [0.29, 0.717) is 48.9 Å². The molecule has 2 aliphatic heterocycles. The van der Waals surface area contributed by atoms with Crippen LogP contribution in [0, 0.1) is 11.7 Å². The van der Waals surface area contributed by atoms with Gasteiger partial charge in [-0.2, -0.15) is 0 Å². The predicted octanol–water partition coefficient (Wildman–Crippen LogP) is 5.49. The third kappa shape index (κ3) is 5.62. The molecule has 1 amide bonds. The topological polar surface area (TPSA) is 68.2 Å². The Balaban J connectivity index is 1.31. The lowest BCUT2D eigenvalue weighted by molar-refractivity contribution is 0.0594. The highest BCUT2D eigenvalue weighted by Crippen LogP contribution is 2.37. The molecule has 2 heterocycles. The molecule has 0 saturated carbocycles. The molecule has 37 heavy (non-hydrogen) atoms. The summed E-state index contributed by atoms with van der Waals surface area (Å²) in [5, 5.41) is 10.2. The lowest BCUT2D eigenvalue weighted by Gasteiger charge is -2.39. The summed E-state index contributed by atoms with van der Waals surface area (Å²) in [7, 11) is 0. The van der Waals surface area contributed by atoms with Crippen molar-refractivity contribution < 1.29 is 28.5 Å². The van der Waals surface area contributed by atoms with E-state index in [9.17, 15) is 14.3 Å². The molecule has 1 fully saturated rings. The highest BCUT2D eigenvalue weighted by Gasteiger charge is 2.33. The van der Waals surface area contributed by atoms with Gasteiger partial charge in [-0.15, -0.1) is 6.58 Å². The van der Waals surface area contributed by atoms with Crippen molar-refractivity contribution in [1.82, 2.24) is 4.90 Å². The number of ether oxygens (including phenoxy) is 3. The first kappa shape index (κ1) is 24.8. The standard InChI is InChI=1S/C30H30FNO5/c1-2-3-27(33)21-4-6-22(7-5-21)30(34)32-15-14-26(20-8-10-24(31)11-9-20)23(17-32)18-35-25-12-13-28-29(16-25)37-19-36-28/h2,4-13,16,23,26-27,33H,1,3,14-15,17-19H2/t23-,26-,27?/m0/s1. The molecule has 3 atom stereocenters. The summed E-state index contributed by atoms with van der Waals surface area (Å²) >= 11 is 0. The third-order valence-corrected chi connectivity index (χ3v) is 7.06. The van der Waals surface area contributed by atoms with E-state index in [-0.39, 0.29) is 30.4 Å². The number of nitrogens with zero attached hydrogens (tertiary/aromatic N) is 1. The maximum Gasteiger partial charge on any atom is 0.253 e. The Kier molecular flexibility index (Phi) is 7.42. The van der Waals surface area contributed by atoms with Crippen LogP contribution in [0.25, 0.3) is 0 Å². The van der Waals surface area contributed by atoms with Crippen LogP contribution in [0.1, 0.15) is 46.3 Å². The minimum atomic E-state index is -0.634. The second kappa shape index (κ2) is 11.0. The van der Waals surface area contributed by atoms with Gasteiger partial charge in [-0.25, -0.2) is 4.39 Å². The van der Waals surface area contributed by atoms with E-state index in [1.54, 1.807) is 30.3 Å².